The highest BCUT2D eigenvalue weighted by atomic mass is 16.6. The molecule has 1 heterocycles. The van der Waals surface area contributed by atoms with Gasteiger partial charge in [-0.25, -0.2) is 0 Å². The summed E-state index contributed by atoms with van der Waals surface area (Å²) < 4.78 is 1.00. The molecule has 2 aromatic carbocycles. The van der Waals surface area contributed by atoms with Crippen molar-refractivity contribution in [1.82, 2.24) is 5.06 Å². The van der Waals surface area contributed by atoms with E-state index in [-0.39, 0.29) is 0 Å². The first-order valence-corrected chi connectivity index (χ1v) is 10.2. The van der Waals surface area contributed by atoms with Gasteiger partial charge in [0, 0.05) is 12.0 Å². The first-order chi connectivity index (χ1) is 13.9. The number of rotatable bonds is 3. The lowest BCUT2D eigenvalue weighted by atomic mass is 9.86. The Morgan fingerprint density at radius 3 is 2.45 bits per heavy atom. The highest BCUT2D eigenvalue weighted by molar-refractivity contribution is 6.07. The summed E-state index contributed by atoms with van der Waals surface area (Å²) in [4.78, 5) is 0. The molecule has 1 aliphatic heterocycles. The molecule has 1 saturated carbocycles. The number of hydrazone groups is 1. The van der Waals surface area contributed by atoms with E-state index < -0.39 is 11.2 Å². The molecule has 0 radical (unpaired) electrons. The monoisotopic (exact) mass is 392 g/mol. The summed E-state index contributed by atoms with van der Waals surface area (Å²) >= 11 is 0. The molecule has 0 amide bonds. The average molecular weight is 393 g/mol. The molecule has 152 valence electrons. The lowest BCUT2D eigenvalue weighted by Gasteiger charge is -2.38. The summed E-state index contributed by atoms with van der Waals surface area (Å²) in [6, 6.07) is 17.5. The fraction of sp³-hybridized carbons (Fsp3) is 0.391. The molecule has 6 heteroatoms. The molecule has 2 N–H and O–H groups in total. The Morgan fingerprint density at radius 1 is 1.07 bits per heavy atom. The molecule has 4 rings (SSSR count). The van der Waals surface area contributed by atoms with E-state index in [1.165, 1.54) is 5.06 Å². The second-order valence-electron chi connectivity index (χ2n) is 8.44. The predicted octanol–water partition coefficient (Wildman–Crippen LogP) is 4.52. The SMILES string of the molecule is Cc1ccc(C2=[N+]([O-])[C@]3(CCCCC3=NNc3ccccc3)N(O)C2(C)C)cc1. The number of hydrogen-bond donors (Lipinski definition) is 2. The van der Waals surface area contributed by atoms with Crippen molar-refractivity contribution in [3.8, 4) is 0 Å². The molecule has 0 saturated heterocycles. The zero-order valence-corrected chi connectivity index (χ0v) is 17.2. The smallest absolute Gasteiger partial charge is 0.292 e. The second kappa shape index (κ2) is 7.28. The van der Waals surface area contributed by atoms with Crippen LogP contribution in [0.15, 0.2) is 59.7 Å². The van der Waals surface area contributed by atoms with E-state index in [0.717, 1.165) is 34.4 Å². The normalized spacial score (nSPS) is 25.7. The van der Waals surface area contributed by atoms with Crippen LogP contribution < -0.4 is 5.43 Å². The van der Waals surface area contributed by atoms with Crippen molar-refractivity contribution in [2.75, 3.05) is 5.43 Å². The van der Waals surface area contributed by atoms with Crippen LogP contribution in [0.2, 0.25) is 0 Å². The number of para-hydroxylation sites is 1. The van der Waals surface area contributed by atoms with E-state index in [0.29, 0.717) is 24.3 Å². The highest BCUT2D eigenvalue weighted by Crippen LogP contribution is 2.42. The molecule has 0 bridgehead atoms. The van der Waals surface area contributed by atoms with Crippen LogP contribution in [-0.4, -0.2) is 37.6 Å². The fourth-order valence-electron chi connectivity index (χ4n) is 4.51. The first-order valence-electron chi connectivity index (χ1n) is 10.2. The molecular weight excluding hydrogens is 364 g/mol. The Balaban J connectivity index is 1.81. The number of nitrogens with one attached hydrogen (secondary N) is 1. The highest BCUT2D eigenvalue weighted by Gasteiger charge is 2.65. The van der Waals surface area contributed by atoms with Crippen LogP contribution in [0.1, 0.15) is 50.7 Å². The minimum atomic E-state index is -1.19. The van der Waals surface area contributed by atoms with Gasteiger partial charge < -0.3 is 10.4 Å². The minimum Gasteiger partial charge on any atom is -0.622 e. The van der Waals surface area contributed by atoms with Crippen LogP contribution in [-0.2, 0) is 0 Å². The Morgan fingerprint density at radius 2 is 1.76 bits per heavy atom. The van der Waals surface area contributed by atoms with Crippen molar-refractivity contribution in [3.63, 3.8) is 0 Å². The van der Waals surface area contributed by atoms with E-state index in [4.69, 9.17) is 0 Å². The number of hydrogen-bond acceptors (Lipinski definition) is 5. The van der Waals surface area contributed by atoms with Crippen molar-refractivity contribution in [3.05, 3.63) is 70.9 Å². The molecule has 0 unspecified atom stereocenters. The summed E-state index contributed by atoms with van der Waals surface area (Å²) in [6.07, 6.45) is 2.99. The van der Waals surface area contributed by atoms with Gasteiger partial charge in [-0.3, -0.25) is 5.43 Å². The minimum absolute atomic E-state index is 0.529. The Hall–Kier alpha value is -2.70. The number of nitrogens with zero attached hydrogens (tertiary/aromatic N) is 3. The Labute approximate surface area is 171 Å². The number of anilines is 1. The zero-order valence-electron chi connectivity index (χ0n) is 17.2. The molecule has 2 aromatic rings. The summed E-state index contributed by atoms with van der Waals surface area (Å²) in [5, 5.41) is 30.9. The molecular formula is C23H28N4O2. The lowest BCUT2D eigenvalue weighted by Crippen LogP contribution is -2.61. The third-order valence-electron chi connectivity index (χ3n) is 6.07. The number of hydroxylamine groups is 3. The second-order valence-corrected chi connectivity index (χ2v) is 8.44. The standard InChI is InChI=1S/C23H28N4O2/c1-17-12-14-18(15-13-17)21-22(2,3)27(29)23(26(21)28)16-8-7-11-20(23)25-24-19-9-5-4-6-10-19/h4-6,9-10,12-15,24,29H,7-8,11,16H2,1-3H3/t23-/m1/s1. The number of benzene rings is 2. The molecule has 1 aliphatic carbocycles. The maximum Gasteiger partial charge on any atom is 0.292 e. The van der Waals surface area contributed by atoms with Crippen molar-refractivity contribution >= 4 is 17.1 Å². The topological polar surface area (TPSA) is 73.9 Å². The van der Waals surface area contributed by atoms with Crippen LogP contribution >= 0.6 is 0 Å². The number of aryl methyl sites for hydroxylation is 1. The fourth-order valence-corrected chi connectivity index (χ4v) is 4.51. The van der Waals surface area contributed by atoms with E-state index in [9.17, 15) is 10.4 Å². The largest absolute Gasteiger partial charge is 0.622 e. The van der Waals surface area contributed by atoms with Crippen LogP contribution in [0.25, 0.3) is 0 Å². The van der Waals surface area contributed by atoms with Crippen molar-refractivity contribution in [1.29, 1.82) is 0 Å². The molecule has 29 heavy (non-hydrogen) atoms. The van der Waals surface area contributed by atoms with Crippen molar-refractivity contribution in [2.45, 2.75) is 57.7 Å². The maximum absolute atomic E-state index is 13.8. The lowest BCUT2D eigenvalue weighted by molar-refractivity contribution is -0.568. The van der Waals surface area contributed by atoms with Crippen molar-refractivity contribution in [2.24, 2.45) is 5.10 Å². The summed E-state index contributed by atoms with van der Waals surface area (Å²) in [5.74, 6) is 0. The van der Waals surface area contributed by atoms with Gasteiger partial charge in [0.1, 0.15) is 11.3 Å². The van der Waals surface area contributed by atoms with E-state index >= 15 is 0 Å². The Bertz CT molecular complexity index is 951. The third-order valence-corrected chi connectivity index (χ3v) is 6.07. The summed E-state index contributed by atoms with van der Waals surface area (Å²) in [7, 11) is 0. The van der Waals surface area contributed by atoms with Crippen LogP contribution in [0, 0.1) is 12.1 Å². The van der Waals surface area contributed by atoms with Crippen LogP contribution in [0.5, 0.6) is 0 Å². The quantitative estimate of drug-likeness (QED) is 0.458. The zero-order chi connectivity index (χ0) is 20.6. The predicted molar refractivity (Wildman–Crippen MR) is 115 cm³/mol. The van der Waals surface area contributed by atoms with Gasteiger partial charge in [-0.05, 0) is 64.3 Å². The maximum atomic E-state index is 13.8. The van der Waals surface area contributed by atoms with Gasteiger partial charge in [0.2, 0.25) is 5.71 Å². The Kier molecular flexibility index (Phi) is 4.92. The molecule has 6 nitrogen and oxygen atoms in total. The molecule has 1 fully saturated rings. The van der Waals surface area contributed by atoms with Gasteiger partial charge in [0.15, 0.2) is 0 Å². The van der Waals surface area contributed by atoms with E-state index in [2.05, 4.69) is 10.5 Å². The molecule has 2 aliphatic rings. The third kappa shape index (κ3) is 3.12. The van der Waals surface area contributed by atoms with Gasteiger partial charge in [-0.15, -0.1) is 5.06 Å². The van der Waals surface area contributed by atoms with E-state index in [1.54, 1.807) is 0 Å². The first kappa shape index (κ1) is 19.6. The van der Waals surface area contributed by atoms with Crippen molar-refractivity contribution < 1.29 is 9.95 Å². The summed E-state index contributed by atoms with van der Waals surface area (Å²) in [6.45, 7) is 5.79. The van der Waals surface area contributed by atoms with Crippen LogP contribution in [0.3, 0.4) is 0 Å². The van der Waals surface area contributed by atoms with Gasteiger partial charge in [0.25, 0.3) is 5.66 Å². The van der Waals surface area contributed by atoms with Gasteiger partial charge >= 0.3 is 0 Å². The molecule has 0 aromatic heterocycles. The van der Waals surface area contributed by atoms with Gasteiger partial charge in [-0.2, -0.15) is 9.84 Å². The molecule has 1 atom stereocenters. The summed E-state index contributed by atoms with van der Waals surface area (Å²) in [5.41, 5.74) is 5.07. The van der Waals surface area contributed by atoms with E-state index in [1.807, 2.05) is 75.4 Å². The molecule has 1 spiro atoms. The van der Waals surface area contributed by atoms with Gasteiger partial charge in [-0.1, -0.05) is 35.9 Å². The van der Waals surface area contributed by atoms with Crippen LogP contribution in [0.4, 0.5) is 5.69 Å². The average Bonchev–Trinajstić information content (AvgIpc) is 2.87. The van der Waals surface area contributed by atoms with Gasteiger partial charge in [0.05, 0.1) is 5.69 Å².